The van der Waals surface area contributed by atoms with E-state index in [1.54, 1.807) is 25.1 Å². The van der Waals surface area contributed by atoms with Crippen LogP contribution in [-0.2, 0) is 4.79 Å². The highest BCUT2D eigenvalue weighted by Gasteiger charge is 2.29. The number of hydrogen-bond donors (Lipinski definition) is 3. The zero-order valence-corrected chi connectivity index (χ0v) is 15.9. The molecule has 28 heavy (non-hydrogen) atoms. The summed E-state index contributed by atoms with van der Waals surface area (Å²) in [5.74, 6) is -3.37. The molecule has 0 radical (unpaired) electrons. The third kappa shape index (κ3) is 3.23. The summed E-state index contributed by atoms with van der Waals surface area (Å²) in [5.41, 5.74) is 1.12. The maximum Gasteiger partial charge on any atom is 0.262 e. The van der Waals surface area contributed by atoms with Crippen molar-refractivity contribution in [1.29, 1.82) is 0 Å². The first-order valence-electron chi connectivity index (χ1n) is 8.49. The summed E-state index contributed by atoms with van der Waals surface area (Å²) < 4.78 is 16.1. The van der Waals surface area contributed by atoms with Gasteiger partial charge in [-0.3, -0.25) is 14.2 Å². The van der Waals surface area contributed by atoms with Crippen LogP contribution in [0.3, 0.4) is 0 Å². The highest BCUT2D eigenvalue weighted by atomic mass is 35.5. The lowest BCUT2D eigenvalue weighted by Crippen LogP contribution is -2.29. The van der Waals surface area contributed by atoms with E-state index in [0.717, 1.165) is 6.07 Å². The van der Waals surface area contributed by atoms with Gasteiger partial charge in [-0.2, -0.15) is 0 Å². The normalized spacial score (nSPS) is 12.2. The number of carbonyl (C=O) groups is 2. The summed E-state index contributed by atoms with van der Waals surface area (Å²) in [6, 6.07) is 8.90. The van der Waals surface area contributed by atoms with Crippen molar-refractivity contribution in [2.45, 2.75) is 19.8 Å². The van der Waals surface area contributed by atoms with Gasteiger partial charge in [-0.1, -0.05) is 17.7 Å². The van der Waals surface area contributed by atoms with Gasteiger partial charge in [-0.25, -0.2) is 4.39 Å². The van der Waals surface area contributed by atoms with Crippen LogP contribution in [0.25, 0.3) is 10.9 Å². The lowest BCUT2D eigenvalue weighted by Gasteiger charge is -2.13. The van der Waals surface area contributed by atoms with Crippen molar-refractivity contribution in [2.24, 2.45) is 0 Å². The fraction of sp³-hybridized carbons (Fsp3) is 0.200. The molecule has 1 atom stereocenters. The van der Waals surface area contributed by atoms with Crippen LogP contribution in [0, 0.1) is 12.7 Å². The van der Waals surface area contributed by atoms with E-state index >= 15 is 0 Å². The minimum atomic E-state index is -0.920. The third-order valence-electron chi connectivity index (χ3n) is 4.69. The molecule has 3 N–H and O–H groups in total. The van der Waals surface area contributed by atoms with Gasteiger partial charge in [0.2, 0.25) is 5.91 Å². The zero-order chi connectivity index (χ0) is 20.6. The molecule has 1 aromatic heterocycles. The average Bonchev–Trinajstić information content (AvgIpc) is 2.96. The Morgan fingerprint density at radius 3 is 2.64 bits per heavy atom. The molecule has 146 valence electrons. The topological polar surface area (TPSA) is 91.6 Å². The number of halogens is 2. The number of aliphatic hydroxyl groups is 1. The second-order valence-corrected chi connectivity index (χ2v) is 6.80. The van der Waals surface area contributed by atoms with Crippen molar-refractivity contribution < 1.29 is 24.2 Å². The van der Waals surface area contributed by atoms with Gasteiger partial charge < -0.3 is 15.5 Å². The minimum Gasteiger partial charge on any atom is -0.505 e. The largest absolute Gasteiger partial charge is 0.505 e. The number of fused-ring (bicyclic) bond motifs is 1. The number of aromatic nitrogens is 1. The Morgan fingerprint density at radius 2 is 2.00 bits per heavy atom. The lowest BCUT2D eigenvalue weighted by atomic mass is 9.96. The molecule has 0 aliphatic carbocycles. The molecule has 0 saturated heterocycles. The van der Waals surface area contributed by atoms with Crippen LogP contribution in [0.15, 0.2) is 36.4 Å². The molecule has 0 spiro atoms. The number of rotatable bonds is 4. The highest BCUT2D eigenvalue weighted by Crippen LogP contribution is 2.37. The Labute approximate surface area is 165 Å². The summed E-state index contributed by atoms with van der Waals surface area (Å²) in [7, 11) is 0. The summed E-state index contributed by atoms with van der Waals surface area (Å²) >= 11 is 5.98. The number of aliphatic hydroxyl groups excluding tert-OH is 1. The molecular formula is C20H18ClFN2O4. The quantitative estimate of drug-likeness (QED) is 0.582. The number of carbonyl (C=O) groups excluding carboxylic acids is 2. The molecule has 0 saturated carbocycles. The van der Waals surface area contributed by atoms with Crippen LogP contribution in [0.1, 0.15) is 34.5 Å². The molecule has 6 nitrogen and oxygen atoms in total. The van der Waals surface area contributed by atoms with Gasteiger partial charge in [0.1, 0.15) is 6.73 Å². The summed E-state index contributed by atoms with van der Waals surface area (Å²) in [5, 5.41) is 21.4. The molecular weight excluding hydrogens is 387 g/mol. The van der Waals surface area contributed by atoms with Crippen LogP contribution < -0.4 is 5.32 Å². The van der Waals surface area contributed by atoms with Gasteiger partial charge in [-0.15, -0.1) is 0 Å². The zero-order valence-electron chi connectivity index (χ0n) is 15.2. The Balaban J connectivity index is 2.30. The number of phenols is 1. The van der Waals surface area contributed by atoms with E-state index in [-0.39, 0.29) is 16.5 Å². The fourth-order valence-corrected chi connectivity index (χ4v) is 3.57. The molecule has 8 heteroatoms. The highest BCUT2D eigenvalue weighted by molar-refractivity contribution is 6.31. The van der Waals surface area contributed by atoms with Crippen molar-refractivity contribution in [3.05, 3.63) is 64.1 Å². The second kappa shape index (κ2) is 7.61. The molecule has 0 unspecified atom stereocenters. The maximum atomic E-state index is 14.8. The standard InChI is InChI=1S/C20H18ClFN2O4/c1-10(19(27)23-9-25)16-11(2)24(14-6-7-15(26)18(22)17(14)16)20(28)12-4-3-5-13(21)8-12/h3-8,10,25-26H,9H2,1-2H3,(H,23,27)/t10-/m0/s1. The number of aromatic hydroxyl groups is 1. The first-order valence-corrected chi connectivity index (χ1v) is 8.87. The van der Waals surface area contributed by atoms with Crippen LogP contribution in [0.4, 0.5) is 4.39 Å². The molecule has 0 aliphatic rings. The van der Waals surface area contributed by atoms with Crippen molar-refractivity contribution >= 4 is 34.3 Å². The van der Waals surface area contributed by atoms with Crippen LogP contribution in [0.2, 0.25) is 5.02 Å². The Kier molecular flexibility index (Phi) is 5.40. The van der Waals surface area contributed by atoms with Crippen LogP contribution in [-0.4, -0.2) is 33.3 Å². The van der Waals surface area contributed by atoms with E-state index in [1.165, 1.54) is 23.6 Å². The van der Waals surface area contributed by atoms with Crippen LogP contribution in [0.5, 0.6) is 5.75 Å². The SMILES string of the molecule is Cc1c([C@H](C)C(=O)NCO)c2c(F)c(O)ccc2n1C(=O)c1cccc(Cl)c1. The van der Waals surface area contributed by atoms with Gasteiger partial charge in [-0.05, 0) is 49.7 Å². The number of phenolic OH excluding ortho intramolecular Hbond substituents is 1. The third-order valence-corrected chi connectivity index (χ3v) is 4.92. The molecule has 1 amide bonds. The number of hydrogen-bond acceptors (Lipinski definition) is 4. The molecule has 0 bridgehead atoms. The Bertz CT molecular complexity index is 1090. The minimum absolute atomic E-state index is 0.0199. The van der Waals surface area contributed by atoms with E-state index < -0.39 is 36.0 Å². The monoisotopic (exact) mass is 404 g/mol. The van der Waals surface area contributed by atoms with Gasteiger partial charge >= 0.3 is 0 Å². The average molecular weight is 405 g/mol. The number of benzene rings is 2. The van der Waals surface area contributed by atoms with Crippen molar-refractivity contribution in [1.82, 2.24) is 9.88 Å². The molecule has 3 aromatic rings. The van der Waals surface area contributed by atoms with Crippen molar-refractivity contribution in [3.8, 4) is 5.75 Å². The second-order valence-electron chi connectivity index (χ2n) is 6.36. The van der Waals surface area contributed by atoms with Gasteiger partial charge in [0.05, 0.1) is 11.4 Å². The van der Waals surface area contributed by atoms with Crippen LogP contribution >= 0.6 is 11.6 Å². The fourth-order valence-electron chi connectivity index (χ4n) is 3.38. The number of nitrogens with one attached hydrogen (secondary N) is 1. The molecule has 0 fully saturated rings. The molecule has 3 rings (SSSR count). The predicted molar refractivity (Wildman–Crippen MR) is 103 cm³/mol. The molecule has 0 aliphatic heterocycles. The first-order chi connectivity index (χ1) is 13.3. The number of nitrogens with zero attached hydrogens (tertiary/aromatic N) is 1. The Hall–Kier alpha value is -2.90. The van der Waals surface area contributed by atoms with E-state index in [2.05, 4.69) is 5.32 Å². The van der Waals surface area contributed by atoms with E-state index in [9.17, 15) is 19.1 Å². The molecule has 2 aromatic carbocycles. The first kappa shape index (κ1) is 19.9. The summed E-state index contributed by atoms with van der Waals surface area (Å²) in [4.78, 5) is 25.4. The van der Waals surface area contributed by atoms with Gasteiger partial charge in [0.15, 0.2) is 11.6 Å². The van der Waals surface area contributed by atoms with Crippen molar-refractivity contribution in [3.63, 3.8) is 0 Å². The predicted octanol–water partition coefficient (Wildman–Crippen LogP) is 3.31. The maximum absolute atomic E-state index is 14.8. The van der Waals surface area contributed by atoms with Gasteiger partial charge in [0, 0.05) is 21.7 Å². The van der Waals surface area contributed by atoms with E-state index in [1.807, 2.05) is 0 Å². The lowest BCUT2D eigenvalue weighted by molar-refractivity contribution is -0.123. The van der Waals surface area contributed by atoms with E-state index in [0.29, 0.717) is 16.3 Å². The van der Waals surface area contributed by atoms with Crippen molar-refractivity contribution in [2.75, 3.05) is 6.73 Å². The summed E-state index contributed by atoms with van der Waals surface area (Å²) in [6.45, 7) is 2.55. The Morgan fingerprint density at radius 1 is 1.29 bits per heavy atom. The smallest absolute Gasteiger partial charge is 0.262 e. The molecule has 1 heterocycles. The summed E-state index contributed by atoms with van der Waals surface area (Å²) in [6.07, 6.45) is 0. The van der Waals surface area contributed by atoms with E-state index in [4.69, 9.17) is 16.7 Å². The number of amides is 1. The van der Waals surface area contributed by atoms with Gasteiger partial charge in [0.25, 0.3) is 5.91 Å².